The molecular weight excluding hydrogens is 221 g/mol. The third kappa shape index (κ3) is 2.13. The topological polar surface area (TPSA) is 79.7 Å². The van der Waals surface area contributed by atoms with E-state index < -0.39 is 13.1 Å². The van der Waals surface area contributed by atoms with Crippen molar-refractivity contribution in [1.82, 2.24) is 4.98 Å². The van der Waals surface area contributed by atoms with Crippen LogP contribution in [0.25, 0.3) is 10.9 Å². The Hall–Kier alpha value is -1.92. The third-order valence-electron chi connectivity index (χ3n) is 2.44. The number of carbonyl (C=O) groups excluding carboxylic acids is 1. The molecule has 86 valence electrons. The molecule has 2 N–H and O–H groups in total. The van der Waals surface area contributed by atoms with Gasteiger partial charge in [-0.2, -0.15) is 0 Å². The molecule has 0 amide bonds. The monoisotopic (exact) mass is 231 g/mol. The van der Waals surface area contributed by atoms with Crippen LogP contribution in [0.3, 0.4) is 0 Å². The number of ether oxygens (including phenoxy) is 1. The van der Waals surface area contributed by atoms with E-state index >= 15 is 0 Å². The Morgan fingerprint density at radius 3 is 2.82 bits per heavy atom. The van der Waals surface area contributed by atoms with Crippen molar-refractivity contribution in [2.45, 2.75) is 0 Å². The van der Waals surface area contributed by atoms with E-state index in [4.69, 9.17) is 10.0 Å². The van der Waals surface area contributed by atoms with Crippen molar-refractivity contribution in [2.24, 2.45) is 0 Å². The van der Waals surface area contributed by atoms with Gasteiger partial charge in [0.05, 0.1) is 18.2 Å². The first-order valence-electron chi connectivity index (χ1n) is 4.96. The van der Waals surface area contributed by atoms with Gasteiger partial charge in [-0.15, -0.1) is 0 Å². The number of aromatic nitrogens is 1. The lowest BCUT2D eigenvalue weighted by Gasteiger charge is -2.05. The smallest absolute Gasteiger partial charge is 0.465 e. The Balaban J connectivity index is 2.63. The summed E-state index contributed by atoms with van der Waals surface area (Å²) in [5, 5.41) is 18.7. The molecule has 2 aromatic rings. The minimum atomic E-state index is -1.58. The van der Waals surface area contributed by atoms with Gasteiger partial charge in [0, 0.05) is 17.0 Å². The van der Waals surface area contributed by atoms with Crippen molar-refractivity contribution in [3.8, 4) is 0 Å². The lowest BCUT2D eigenvalue weighted by Crippen LogP contribution is -2.30. The summed E-state index contributed by atoms with van der Waals surface area (Å²) in [6.45, 7) is 0. The molecule has 0 atom stereocenters. The van der Waals surface area contributed by atoms with Gasteiger partial charge in [0.15, 0.2) is 0 Å². The molecular formula is C11H10BNO4. The molecule has 0 aliphatic heterocycles. The lowest BCUT2D eigenvalue weighted by molar-refractivity contribution is 0.0603. The summed E-state index contributed by atoms with van der Waals surface area (Å²) >= 11 is 0. The molecule has 1 heterocycles. The zero-order valence-corrected chi connectivity index (χ0v) is 9.12. The highest BCUT2D eigenvalue weighted by molar-refractivity contribution is 6.58. The van der Waals surface area contributed by atoms with Gasteiger partial charge in [-0.3, -0.25) is 4.98 Å². The van der Waals surface area contributed by atoms with E-state index in [0.29, 0.717) is 16.5 Å². The van der Waals surface area contributed by atoms with Gasteiger partial charge in [0.25, 0.3) is 0 Å². The fourth-order valence-electron chi connectivity index (χ4n) is 1.59. The quantitative estimate of drug-likeness (QED) is 0.548. The summed E-state index contributed by atoms with van der Waals surface area (Å²) < 4.78 is 4.64. The average molecular weight is 231 g/mol. The van der Waals surface area contributed by atoms with Gasteiger partial charge in [-0.25, -0.2) is 4.79 Å². The molecule has 0 aliphatic carbocycles. The predicted molar refractivity (Wildman–Crippen MR) is 62.9 cm³/mol. The number of hydrogen-bond donors (Lipinski definition) is 2. The maximum absolute atomic E-state index is 11.5. The number of rotatable bonds is 2. The van der Waals surface area contributed by atoms with E-state index in [2.05, 4.69) is 9.72 Å². The molecule has 1 aromatic heterocycles. The van der Waals surface area contributed by atoms with Crippen LogP contribution in [-0.4, -0.2) is 35.2 Å². The highest BCUT2D eigenvalue weighted by atomic mass is 16.5. The van der Waals surface area contributed by atoms with E-state index in [1.165, 1.54) is 13.3 Å². The molecule has 0 aliphatic rings. The standard InChI is InChI=1S/C11H10BNO4/c1-17-11(14)9-4-2-3-7-5-8(12(15)16)6-13-10(7)9/h2-6,15-16H,1H3. The summed E-state index contributed by atoms with van der Waals surface area (Å²) in [5.41, 5.74) is 1.10. The molecule has 17 heavy (non-hydrogen) atoms. The summed E-state index contributed by atoms with van der Waals surface area (Å²) in [4.78, 5) is 15.5. The number of esters is 1. The summed E-state index contributed by atoms with van der Waals surface area (Å²) in [7, 11) is -0.277. The largest absolute Gasteiger partial charge is 0.490 e. The van der Waals surface area contributed by atoms with Crippen LogP contribution in [0, 0.1) is 0 Å². The average Bonchev–Trinajstić information content (AvgIpc) is 2.36. The predicted octanol–water partition coefficient (Wildman–Crippen LogP) is -0.299. The van der Waals surface area contributed by atoms with Crippen molar-refractivity contribution in [3.63, 3.8) is 0 Å². The molecule has 0 spiro atoms. The van der Waals surface area contributed by atoms with Gasteiger partial charge in [-0.1, -0.05) is 18.2 Å². The normalized spacial score (nSPS) is 10.3. The SMILES string of the molecule is COC(=O)c1cccc2cc(B(O)O)cnc12. The van der Waals surface area contributed by atoms with Crippen LogP contribution >= 0.6 is 0 Å². The summed E-state index contributed by atoms with van der Waals surface area (Å²) in [6.07, 6.45) is 1.32. The minimum Gasteiger partial charge on any atom is -0.465 e. The number of pyridine rings is 1. The van der Waals surface area contributed by atoms with Gasteiger partial charge in [0.1, 0.15) is 0 Å². The second kappa shape index (κ2) is 4.53. The molecule has 0 radical (unpaired) electrons. The van der Waals surface area contributed by atoms with Crippen LogP contribution in [0.2, 0.25) is 0 Å². The number of carbonyl (C=O) groups is 1. The zero-order valence-electron chi connectivity index (χ0n) is 9.12. The second-order valence-electron chi connectivity index (χ2n) is 3.51. The molecule has 5 nitrogen and oxygen atoms in total. The Morgan fingerprint density at radius 2 is 2.18 bits per heavy atom. The maximum atomic E-state index is 11.5. The number of benzene rings is 1. The molecule has 0 unspecified atom stereocenters. The number of methoxy groups -OCH3 is 1. The van der Waals surface area contributed by atoms with Crippen LogP contribution in [0.5, 0.6) is 0 Å². The molecule has 0 saturated heterocycles. The van der Waals surface area contributed by atoms with Crippen LogP contribution in [-0.2, 0) is 4.74 Å². The van der Waals surface area contributed by atoms with Crippen LogP contribution in [0.15, 0.2) is 30.5 Å². The van der Waals surface area contributed by atoms with Crippen molar-refractivity contribution < 1.29 is 19.6 Å². The fourth-order valence-corrected chi connectivity index (χ4v) is 1.59. The second-order valence-corrected chi connectivity index (χ2v) is 3.51. The molecule has 2 rings (SSSR count). The van der Waals surface area contributed by atoms with Gasteiger partial charge in [-0.05, 0) is 6.07 Å². The lowest BCUT2D eigenvalue weighted by atomic mass is 9.81. The number of para-hydroxylation sites is 1. The van der Waals surface area contributed by atoms with E-state index in [-0.39, 0.29) is 5.46 Å². The molecule has 0 fully saturated rings. The molecule has 0 saturated carbocycles. The van der Waals surface area contributed by atoms with Crippen LogP contribution in [0.4, 0.5) is 0 Å². The highest BCUT2D eigenvalue weighted by Gasteiger charge is 2.15. The number of hydrogen-bond acceptors (Lipinski definition) is 5. The van der Waals surface area contributed by atoms with E-state index in [9.17, 15) is 4.79 Å². The van der Waals surface area contributed by atoms with E-state index in [0.717, 1.165) is 0 Å². The van der Waals surface area contributed by atoms with Gasteiger partial charge in [0.2, 0.25) is 0 Å². The summed E-state index contributed by atoms with van der Waals surface area (Å²) in [5.74, 6) is -0.472. The Labute approximate surface area is 97.8 Å². The van der Waals surface area contributed by atoms with E-state index in [1.54, 1.807) is 24.3 Å². The van der Waals surface area contributed by atoms with Gasteiger partial charge < -0.3 is 14.8 Å². The highest BCUT2D eigenvalue weighted by Crippen LogP contribution is 2.15. The van der Waals surface area contributed by atoms with Crippen molar-refractivity contribution >= 4 is 29.5 Å². The maximum Gasteiger partial charge on any atom is 0.490 e. The number of fused-ring (bicyclic) bond motifs is 1. The first kappa shape index (κ1) is 11.6. The molecule has 0 bridgehead atoms. The van der Waals surface area contributed by atoms with Crippen LogP contribution in [0.1, 0.15) is 10.4 Å². The first-order valence-corrected chi connectivity index (χ1v) is 4.96. The van der Waals surface area contributed by atoms with Crippen LogP contribution < -0.4 is 5.46 Å². The zero-order chi connectivity index (χ0) is 12.4. The van der Waals surface area contributed by atoms with E-state index in [1.807, 2.05) is 0 Å². The third-order valence-corrected chi connectivity index (χ3v) is 2.44. The molecule has 1 aromatic carbocycles. The Bertz CT molecular complexity index is 570. The fraction of sp³-hybridized carbons (Fsp3) is 0.0909. The van der Waals surface area contributed by atoms with Crippen molar-refractivity contribution in [1.29, 1.82) is 0 Å². The van der Waals surface area contributed by atoms with Crippen molar-refractivity contribution in [2.75, 3.05) is 7.11 Å². The molecule has 6 heteroatoms. The van der Waals surface area contributed by atoms with Gasteiger partial charge >= 0.3 is 13.1 Å². The summed E-state index contributed by atoms with van der Waals surface area (Å²) in [6, 6.07) is 6.60. The Morgan fingerprint density at radius 1 is 1.41 bits per heavy atom. The first-order chi connectivity index (χ1) is 8.13. The Kier molecular flexibility index (Phi) is 3.08. The minimum absolute atomic E-state index is 0.277. The van der Waals surface area contributed by atoms with Crippen molar-refractivity contribution in [3.05, 3.63) is 36.0 Å². The number of nitrogens with zero attached hydrogens (tertiary/aromatic N) is 1.